The van der Waals surface area contributed by atoms with E-state index in [1.807, 2.05) is 17.8 Å². The average Bonchev–Trinajstić information content (AvgIpc) is 3.04. The van der Waals surface area contributed by atoms with Gasteiger partial charge in [-0.05, 0) is 17.7 Å². The van der Waals surface area contributed by atoms with Crippen molar-refractivity contribution in [3.63, 3.8) is 0 Å². The van der Waals surface area contributed by atoms with E-state index in [2.05, 4.69) is 15.6 Å². The lowest BCUT2D eigenvalue weighted by Crippen LogP contribution is -2.46. The lowest BCUT2D eigenvalue weighted by molar-refractivity contribution is -0.136. The van der Waals surface area contributed by atoms with Gasteiger partial charge in [0.05, 0.1) is 18.7 Å². The molecule has 2 aromatic rings. The lowest BCUT2D eigenvalue weighted by atomic mass is 9.95. The van der Waals surface area contributed by atoms with E-state index in [4.69, 9.17) is 16.3 Å². The van der Waals surface area contributed by atoms with Gasteiger partial charge in [-0.2, -0.15) is 0 Å². The summed E-state index contributed by atoms with van der Waals surface area (Å²) in [5.41, 5.74) is 1.59. The van der Waals surface area contributed by atoms with Crippen LogP contribution in [0.2, 0.25) is 5.02 Å². The van der Waals surface area contributed by atoms with Gasteiger partial charge < -0.3 is 19.9 Å². The number of aryl methyl sites for hydroxylation is 1. The predicted octanol–water partition coefficient (Wildman–Crippen LogP) is 2.65. The Kier molecular flexibility index (Phi) is 5.53. The number of benzene rings is 1. The molecule has 26 heavy (non-hydrogen) atoms. The van der Waals surface area contributed by atoms with Gasteiger partial charge >= 0.3 is 12.0 Å². The summed E-state index contributed by atoms with van der Waals surface area (Å²) < 4.78 is 6.81. The molecule has 0 spiro atoms. The van der Waals surface area contributed by atoms with Gasteiger partial charge in [-0.1, -0.05) is 35.5 Å². The molecule has 2 amide bonds. The van der Waals surface area contributed by atoms with E-state index in [0.29, 0.717) is 22.0 Å². The van der Waals surface area contributed by atoms with Crippen molar-refractivity contribution >= 4 is 35.4 Å². The molecule has 2 N–H and O–H groups in total. The third-order valence-corrected chi connectivity index (χ3v) is 5.22. The van der Waals surface area contributed by atoms with Crippen molar-refractivity contribution in [3.8, 4) is 0 Å². The molecule has 2 heterocycles. The normalized spacial score (nSPS) is 16.9. The topological polar surface area (TPSA) is 85.2 Å². The van der Waals surface area contributed by atoms with E-state index in [1.54, 1.807) is 30.5 Å². The highest BCUT2D eigenvalue weighted by molar-refractivity contribution is 7.99. The number of aromatic nitrogens is 2. The van der Waals surface area contributed by atoms with Crippen LogP contribution in [0.3, 0.4) is 0 Å². The van der Waals surface area contributed by atoms with Crippen molar-refractivity contribution in [3.05, 3.63) is 58.5 Å². The summed E-state index contributed by atoms with van der Waals surface area (Å²) in [6.07, 6.45) is 3.52. The summed E-state index contributed by atoms with van der Waals surface area (Å²) in [6.45, 7) is 0. The highest BCUT2D eigenvalue weighted by Crippen LogP contribution is 2.30. The number of ether oxygens (including phenoxy) is 1. The molecule has 1 aliphatic heterocycles. The number of halogens is 1. The Morgan fingerprint density at radius 2 is 2.12 bits per heavy atom. The zero-order chi connectivity index (χ0) is 18.7. The van der Waals surface area contributed by atoms with Crippen LogP contribution in [0, 0.1) is 0 Å². The van der Waals surface area contributed by atoms with E-state index in [-0.39, 0.29) is 6.03 Å². The number of amides is 2. The van der Waals surface area contributed by atoms with Crippen LogP contribution < -0.4 is 10.6 Å². The molecule has 1 aromatic carbocycles. The number of carbonyl (C=O) groups is 2. The van der Waals surface area contributed by atoms with Crippen molar-refractivity contribution in [1.29, 1.82) is 0 Å². The summed E-state index contributed by atoms with van der Waals surface area (Å²) >= 11 is 7.36. The number of nitrogens with zero attached hydrogens (tertiary/aromatic N) is 2. The zero-order valence-corrected chi connectivity index (χ0v) is 15.7. The van der Waals surface area contributed by atoms with Crippen molar-refractivity contribution in [2.45, 2.75) is 11.2 Å². The number of urea groups is 1. The van der Waals surface area contributed by atoms with Gasteiger partial charge in [0.25, 0.3) is 0 Å². The van der Waals surface area contributed by atoms with Crippen molar-refractivity contribution in [1.82, 2.24) is 20.2 Å². The van der Waals surface area contributed by atoms with Gasteiger partial charge in [-0.15, -0.1) is 0 Å². The molecule has 1 aromatic heterocycles. The summed E-state index contributed by atoms with van der Waals surface area (Å²) in [6, 6.07) is 5.96. The first-order chi connectivity index (χ1) is 12.5. The fourth-order valence-corrected chi connectivity index (χ4v) is 3.64. The minimum Gasteiger partial charge on any atom is -0.466 e. The summed E-state index contributed by atoms with van der Waals surface area (Å²) in [5, 5.41) is 6.84. The molecule has 0 unspecified atom stereocenters. The van der Waals surface area contributed by atoms with Crippen molar-refractivity contribution in [2.75, 3.05) is 12.9 Å². The van der Waals surface area contributed by atoms with Crippen LogP contribution in [0.4, 0.5) is 4.79 Å². The van der Waals surface area contributed by atoms with Gasteiger partial charge in [-0.3, -0.25) is 0 Å². The average molecular weight is 393 g/mol. The molecule has 3 rings (SSSR count). The highest BCUT2D eigenvalue weighted by atomic mass is 35.5. The van der Waals surface area contributed by atoms with Crippen LogP contribution >= 0.6 is 23.4 Å². The van der Waals surface area contributed by atoms with Gasteiger partial charge in [-0.25, -0.2) is 14.6 Å². The zero-order valence-electron chi connectivity index (χ0n) is 14.2. The first-order valence-electron chi connectivity index (χ1n) is 7.74. The van der Waals surface area contributed by atoms with Crippen LogP contribution in [-0.4, -0.2) is 34.4 Å². The first kappa shape index (κ1) is 18.3. The third kappa shape index (κ3) is 3.86. The Hall–Kier alpha value is -2.45. The SMILES string of the molecule is COC(=O)C1=C(CSc2nccn2C)NC(=O)N[C@@H]1c1ccc(Cl)cc1. The summed E-state index contributed by atoms with van der Waals surface area (Å²) in [5.74, 6) is -0.139. The summed E-state index contributed by atoms with van der Waals surface area (Å²) in [4.78, 5) is 28.8. The second-order valence-corrected chi connectivity index (χ2v) is 6.96. The Bertz CT molecular complexity index is 863. The van der Waals surface area contributed by atoms with Crippen LogP contribution in [-0.2, 0) is 16.6 Å². The standard InChI is InChI=1S/C17H17ClN4O3S/c1-22-8-7-19-17(22)26-9-12-13(15(23)25-2)14(21-16(24)20-12)10-3-5-11(18)6-4-10/h3-8,14H,9H2,1-2H3,(H2,20,21,24)/t14-/m1/s1. The molecular formula is C17H17ClN4O3S. The second-order valence-electron chi connectivity index (χ2n) is 5.58. The number of methoxy groups -OCH3 is 1. The van der Waals surface area contributed by atoms with Crippen LogP contribution in [0.15, 0.2) is 53.1 Å². The lowest BCUT2D eigenvalue weighted by Gasteiger charge is -2.29. The molecule has 1 atom stereocenters. The number of rotatable bonds is 5. The number of hydrogen-bond acceptors (Lipinski definition) is 5. The largest absolute Gasteiger partial charge is 0.466 e. The monoisotopic (exact) mass is 392 g/mol. The molecular weight excluding hydrogens is 376 g/mol. The number of thioether (sulfide) groups is 1. The molecule has 0 radical (unpaired) electrons. The van der Waals surface area contributed by atoms with Crippen molar-refractivity contribution in [2.24, 2.45) is 7.05 Å². The highest BCUT2D eigenvalue weighted by Gasteiger charge is 2.33. The number of carbonyl (C=O) groups excluding carboxylic acids is 2. The molecule has 0 saturated carbocycles. The Balaban J connectivity index is 1.97. The molecule has 0 bridgehead atoms. The maximum absolute atomic E-state index is 12.4. The molecule has 9 heteroatoms. The number of hydrogen-bond donors (Lipinski definition) is 2. The van der Waals surface area contributed by atoms with Crippen LogP contribution in [0.5, 0.6) is 0 Å². The van der Waals surface area contributed by atoms with Crippen LogP contribution in [0.25, 0.3) is 0 Å². The third-order valence-electron chi connectivity index (χ3n) is 3.88. The molecule has 1 aliphatic rings. The minimum absolute atomic E-state index is 0.358. The predicted molar refractivity (Wildman–Crippen MR) is 98.8 cm³/mol. The minimum atomic E-state index is -0.620. The fraction of sp³-hybridized carbons (Fsp3) is 0.235. The Labute approximate surface area is 159 Å². The van der Waals surface area contributed by atoms with Gasteiger partial charge in [0.1, 0.15) is 0 Å². The maximum atomic E-state index is 12.4. The Morgan fingerprint density at radius 3 is 2.73 bits per heavy atom. The van der Waals surface area contributed by atoms with E-state index in [1.165, 1.54) is 18.9 Å². The van der Waals surface area contributed by atoms with Crippen LogP contribution in [0.1, 0.15) is 11.6 Å². The van der Waals surface area contributed by atoms with E-state index >= 15 is 0 Å². The van der Waals surface area contributed by atoms with Crippen molar-refractivity contribution < 1.29 is 14.3 Å². The molecule has 0 saturated heterocycles. The number of esters is 1. The first-order valence-corrected chi connectivity index (χ1v) is 9.10. The molecule has 7 nitrogen and oxygen atoms in total. The molecule has 0 aliphatic carbocycles. The molecule has 0 fully saturated rings. The van der Waals surface area contributed by atoms with E-state index in [9.17, 15) is 9.59 Å². The Morgan fingerprint density at radius 1 is 1.38 bits per heavy atom. The summed E-state index contributed by atoms with van der Waals surface area (Å²) in [7, 11) is 3.19. The maximum Gasteiger partial charge on any atom is 0.338 e. The van der Waals surface area contributed by atoms with Gasteiger partial charge in [0, 0.05) is 35.9 Å². The number of nitrogens with one attached hydrogen (secondary N) is 2. The fourth-order valence-electron chi connectivity index (χ4n) is 2.62. The molecule has 136 valence electrons. The quantitative estimate of drug-likeness (QED) is 0.603. The second kappa shape index (κ2) is 7.84. The van der Waals surface area contributed by atoms with Gasteiger partial charge in [0.2, 0.25) is 0 Å². The smallest absolute Gasteiger partial charge is 0.338 e. The van der Waals surface area contributed by atoms with E-state index < -0.39 is 12.0 Å². The number of imidazole rings is 1. The van der Waals surface area contributed by atoms with Gasteiger partial charge in [0.15, 0.2) is 5.16 Å². The van der Waals surface area contributed by atoms with E-state index in [0.717, 1.165) is 10.7 Å².